The first kappa shape index (κ1) is 9.08. The van der Waals surface area contributed by atoms with Gasteiger partial charge in [0.05, 0.1) is 11.3 Å². The average Bonchev–Trinajstić information content (AvgIpc) is 2.62. The molecule has 0 radical (unpaired) electrons. The lowest BCUT2D eigenvalue weighted by Crippen LogP contribution is -2.21. The Morgan fingerprint density at radius 1 is 1.50 bits per heavy atom. The molecule has 0 saturated heterocycles. The SMILES string of the molecule is CCCN1CCc2cccc(C#N)c21. The number of rotatable bonds is 2. The van der Waals surface area contributed by atoms with Crippen LogP contribution in [0.4, 0.5) is 5.69 Å². The van der Waals surface area contributed by atoms with Gasteiger partial charge in [0.25, 0.3) is 0 Å². The van der Waals surface area contributed by atoms with Gasteiger partial charge in [0.1, 0.15) is 6.07 Å². The largest absolute Gasteiger partial charge is 0.370 e. The van der Waals surface area contributed by atoms with Gasteiger partial charge in [0, 0.05) is 13.1 Å². The third-order valence-electron chi connectivity index (χ3n) is 2.70. The summed E-state index contributed by atoms with van der Waals surface area (Å²) < 4.78 is 0. The summed E-state index contributed by atoms with van der Waals surface area (Å²) in [6.45, 7) is 4.31. The Hall–Kier alpha value is -1.49. The van der Waals surface area contributed by atoms with E-state index in [0.29, 0.717) is 0 Å². The van der Waals surface area contributed by atoms with Gasteiger partial charge in [-0.15, -0.1) is 0 Å². The van der Waals surface area contributed by atoms with Crippen molar-refractivity contribution in [2.75, 3.05) is 18.0 Å². The fourth-order valence-corrected chi connectivity index (χ4v) is 2.12. The number of nitrogens with zero attached hydrogens (tertiary/aromatic N) is 2. The highest BCUT2D eigenvalue weighted by atomic mass is 15.1. The zero-order valence-corrected chi connectivity index (χ0v) is 8.45. The minimum Gasteiger partial charge on any atom is -0.370 e. The lowest BCUT2D eigenvalue weighted by atomic mass is 10.1. The maximum Gasteiger partial charge on any atom is 0.101 e. The fraction of sp³-hybridized carbons (Fsp3) is 0.417. The highest BCUT2D eigenvalue weighted by Gasteiger charge is 2.20. The van der Waals surface area contributed by atoms with Crippen LogP contribution in [-0.2, 0) is 6.42 Å². The van der Waals surface area contributed by atoms with Crippen LogP contribution >= 0.6 is 0 Å². The summed E-state index contributed by atoms with van der Waals surface area (Å²) in [5.74, 6) is 0. The van der Waals surface area contributed by atoms with Crippen LogP contribution in [0.15, 0.2) is 18.2 Å². The molecule has 0 bridgehead atoms. The van der Waals surface area contributed by atoms with Gasteiger partial charge in [-0.25, -0.2) is 0 Å². The second kappa shape index (κ2) is 3.71. The van der Waals surface area contributed by atoms with Gasteiger partial charge in [-0.3, -0.25) is 0 Å². The van der Waals surface area contributed by atoms with Crippen LogP contribution < -0.4 is 4.90 Å². The zero-order chi connectivity index (χ0) is 9.97. The van der Waals surface area contributed by atoms with Gasteiger partial charge in [-0.05, 0) is 24.5 Å². The summed E-state index contributed by atoms with van der Waals surface area (Å²) in [6, 6.07) is 8.29. The summed E-state index contributed by atoms with van der Waals surface area (Å²) in [6.07, 6.45) is 2.23. The molecule has 1 aromatic rings. The summed E-state index contributed by atoms with van der Waals surface area (Å²) >= 11 is 0. The molecule has 0 atom stereocenters. The van der Waals surface area contributed by atoms with E-state index < -0.39 is 0 Å². The van der Waals surface area contributed by atoms with E-state index in [9.17, 15) is 0 Å². The van der Waals surface area contributed by atoms with E-state index >= 15 is 0 Å². The summed E-state index contributed by atoms with van der Waals surface area (Å²) in [5, 5.41) is 9.01. The predicted octanol–water partition coefficient (Wildman–Crippen LogP) is 2.33. The van der Waals surface area contributed by atoms with Crippen molar-refractivity contribution in [1.29, 1.82) is 5.26 Å². The number of anilines is 1. The molecule has 0 unspecified atom stereocenters. The first-order valence-electron chi connectivity index (χ1n) is 5.13. The van der Waals surface area contributed by atoms with Gasteiger partial charge in [-0.1, -0.05) is 19.1 Å². The van der Waals surface area contributed by atoms with Crippen molar-refractivity contribution in [3.63, 3.8) is 0 Å². The standard InChI is InChI=1S/C12H14N2/c1-2-7-14-8-6-10-4-3-5-11(9-13)12(10)14/h3-5H,2,6-8H2,1H3. The minimum atomic E-state index is 0.827. The van der Waals surface area contributed by atoms with Crippen molar-refractivity contribution in [1.82, 2.24) is 0 Å². The fourth-order valence-electron chi connectivity index (χ4n) is 2.12. The molecule has 0 saturated carbocycles. The predicted molar refractivity (Wildman–Crippen MR) is 57.4 cm³/mol. The maximum atomic E-state index is 9.01. The second-order valence-corrected chi connectivity index (χ2v) is 3.66. The van der Waals surface area contributed by atoms with Gasteiger partial charge in [-0.2, -0.15) is 5.26 Å². The monoisotopic (exact) mass is 186 g/mol. The van der Waals surface area contributed by atoms with E-state index in [1.807, 2.05) is 12.1 Å². The molecule has 72 valence electrons. The first-order chi connectivity index (χ1) is 6.86. The van der Waals surface area contributed by atoms with Crippen LogP contribution in [0, 0.1) is 11.3 Å². The molecule has 2 nitrogen and oxygen atoms in total. The summed E-state index contributed by atoms with van der Waals surface area (Å²) in [4.78, 5) is 2.33. The minimum absolute atomic E-state index is 0.827. The van der Waals surface area contributed by atoms with Crippen molar-refractivity contribution >= 4 is 5.69 Å². The summed E-state index contributed by atoms with van der Waals surface area (Å²) in [5.41, 5.74) is 3.34. The molecule has 0 N–H and O–H groups in total. The zero-order valence-electron chi connectivity index (χ0n) is 8.45. The molecule has 1 aromatic carbocycles. The van der Waals surface area contributed by atoms with Crippen LogP contribution in [-0.4, -0.2) is 13.1 Å². The number of fused-ring (bicyclic) bond motifs is 1. The smallest absolute Gasteiger partial charge is 0.101 e. The highest BCUT2D eigenvalue weighted by molar-refractivity contribution is 5.67. The maximum absolute atomic E-state index is 9.01. The molecule has 1 heterocycles. The Bertz CT molecular complexity index is 374. The Morgan fingerprint density at radius 2 is 2.36 bits per heavy atom. The van der Waals surface area contributed by atoms with Gasteiger partial charge in [0.2, 0.25) is 0 Å². The van der Waals surface area contributed by atoms with E-state index in [4.69, 9.17) is 5.26 Å². The lowest BCUT2D eigenvalue weighted by molar-refractivity contribution is 0.796. The number of nitriles is 1. The molecule has 0 fully saturated rings. The van der Waals surface area contributed by atoms with E-state index in [1.54, 1.807) is 0 Å². The molecular weight excluding hydrogens is 172 g/mol. The number of para-hydroxylation sites is 1. The van der Waals surface area contributed by atoms with Gasteiger partial charge < -0.3 is 4.90 Å². The molecule has 0 aliphatic carbocycles. The number of hydrogen-bond acceptors (Lipinski definition) is 2. The second-order valence-electron chi connectivity index (χ2n) is 3.66. The lowest BCUT2D eigenvalue weighted by Gasteiger charge is -2.19. The first-order valence-corrected chi connectivity index (χ1v) is 5.13. The molecule has 2 rings (SSSR count). The number of hydrogen-bond donors (Lipinski definition) is 0. The molecule has 0 spiro atoms. The van der Waals surface area contributed by atoms with E-state index in [1.165, 1.54) is 11.3 Å². The van der Waals surface area contributed by atoms with Crippen molar-refractivity contribution in [3.05, 3.63) is 29.3 Å². The van der Waals surface area contributed by atoms with Crippen LogP contribution in [0.25, 0.3) is 0 Å². The average molecular weight is 186 g/mol. The molecule has 0 aromatic heterocycles. The Morgan fingerprint density at radius 3 is 3.07 bits per heavy atom. The van der Waals surface area contributed by atoms with Crippen LogP contribution in [0.3, 0.4) is 0 Å². The molecule has 1 aliphatic rings. The van der Waals surface area contributed by atoms with Crippen molar-refractivity contribution < 1.29 is 0 Å². The molecule has 0 amide bonds. The molecule has 1 aliphatic heterocycles. The normalized spacial score (nSPS) is 13.9. The Balaban J connectivity index is 2.41. The van der Waals surface area contributed by atoms with Crippen molar-refractivity contribution in [3.8, 4) is 6.07 Å². The summed E-state index contributed by atoms with van der Waals surface area (Å²) in [7, 11) is 0. The molecular formula is C12H14N2. The third kappa shape index (κ3) is 1.35. The Labute approximate surface area is 84.8 Å². The highest BCUT2D eigenvalue weighted by Crippen LogP contribution is 2.31. The molecule has 2 heteroatoms. The number of benzene rings is 1. The van der Waals surface area contributed by atoms with E-state index in [-0.39, 0.29) is 0 Å². The molecule has 14 heavy (non-hydrogen) atoms. The quantitative estimate of drug-likeness (QED) is 0.708. The Kier molecular flexibility index (Phi) is 2.41. The van der Waals surface area contributed by atoms with Crippen molar-refractivity contribution in [2.45, 2.75) is 19.8 Å². The van der Waals surface area contributed by atoms with E-state index in [2.05, 4.69) is 24.0 Å². The van der Waals surface area contributed by atoms with Gasteiger partial charge in [0.15, 0.2) is 0 Å². The van der Waals surface area contributed by atoms with Gasteiger partial charge >= 0.3 is 0 Å². The third-order valence-corrected chi connectivity index (χ3v) is 2.70. The van der Waals surface area contributed by atoms with E-state index in [0.717, 1.165) is 31.5 Å². The van der Waals surface area contributed by atoms with Crippen LogP contribution in [0.1, 0.15) is 24.5 Å². The topological polar surface area (TPSA) is 27.0 Å². The van der Waals surface area contributed by atoms with Crippen molar-refractivity contribution in [2.24, 2.45) is 0 Å². The van der Waals surface area contributed by atoms with Crippen LogP contribution in [0.5, 0.6) is 0 Å². The van der Waals surface area contributed by atoms with Crippen LogP contribution in [0.2, 0.25) is 0 Å².